The van der Waals surface area contributed by atoms with Gasteiger partial charge in [0.15, 0.2) is 0 Å². The fourth-order valence-electron chi connectivity index (χ4n) is 1.92. The topological polar surface area (TPSA) is 46.0 Å². The van der Waals surface area contributed by atoms with Crippen LogP contribution in [0.1, 0.15) is 29.2 Å². The van der Waals surface area contributed by atoms with Crippen LogP contribution >= 0.6 is 0 Å². The molecule has 1 aromatic rings. The molecule has 1 aromatic heterocycles. The third kappa shape index (κ3) is 1.56. The van der Waals surface area contributed by atoms with Gasteiger partial charge >= 0.3 is 0 Å². The fraction of sp³-hybridized carbons (Fsp3) is 0.600. The Labute approximate surface area is 77.8 Å². The molecular formula is C10H14N2O. The zero-order valence-electron chi connectivity index (χ0n) is 8.04. The van der Waals surface area contributed by atoms with Gasteiger partial charge in [-0.25, -0.2) is 9.97 Å². The summed E-state index contributed by atoms with van der Waals surface area (Å²) in [4.78, 5) is 8.69. The van der Waals surface area contributed by atoms with E-state index in [-0.39, 0.29) is 6.10 Å². The van der Waals surface area contributed by atoms with E-state index >= 15 is 0 Å². The molecule has 1 heterocycles. The van der Waals surface area contributed by atoms with Crippen LogP contribution in [0, 0.1) is 13.8 Å². The average molecular weight is 178 g/mol. The number of aromatic nitrogens is 2. The molecule has 0 spiro atoms. The van der Waals surface area contributed by atoms with Crippen LogP contribution in [-0.2, 0) is 12.8 Å². The van der Waals surface area contributed by atoms with E-state index in [1.165, 1.54) is 0 Å². The number of fused-ring (bicyclic) bond motifs is 1. The summed E-state index contributed by atoms with van der Waals surface area (Å²) in [5.74, 6) is 0.840. The van der Waals surface area contributed by atoms with E-state index in [9.17, 15) is 5.11 Å². The van der Waals surface area contributed by atoms with E-state index in [1.807, 2.05) is 13.8 Å². The number of aliphatic hydroxyl groups is 1. The number of hydrogen-bond donors (Lipinski definition) is 1. The van der Waals surface area contributed by atoms with E-state index in [2.05, 4.69) is 9.97 Å². The SMILES string of the molecule is Cc1nc(C)c2c(n1)CCC(O)C2. The smallest absolute Gasteiger partial charge is 0.125 e. The minimum absolute atomic E-state index is 0.197. The van der Waals surface area contributed by atoms with Crippen LogP contribution in [-0.4, -0.2) is 21.2 Å². The summed E-state index contributed by atoms with van der Waals surface area (Å²) >= 11 is 0. The summed E-state index contributed by atoms with van der Waals surface area (Å²) < 4.78 is 0. The van der Waals surface area contributed by atoms with Crippen LogP contribution in [0.4, 0.5) is 0 Å². The molecule has 0 radical (unpaired) electrons. The monoisotopic (exact) mass is 178 g/mol. The summed E-state index contributed by atoms with van der Waals surface area (Å²) in [7, 11) is 0. The number of aliphatic hydroxyl groups excluding tert-OH is 1. The molecule has 0 amide bonds. The van der Waals surface area contributed by atoms with Crippen LogP contribution in [0.25, 0.3) is 0 Å². The maximum absolute atomic E-state index is 9.49. The molecule has 70 valence electrons. The standard InChI is InChI=1S/C10H14N2O/c1-6-9-5-8(13)3-4-10(9)12-7(2)11-6/h8,13H,3-5H2,1-2H3. The normalized spacial score (nSPS) is 21.3. The van der Waals surface area contributed by atoms with Gasteiger partial charge in [-0.1, -0.05) is 0 Å². The first-order valence-corrected chi connectivity index (χ1v) is 4.68. The highest BCUT2D eigenvalue weighted by Crippen LogP contribution is 2.21. The molecule has 0 aliphatic heterocycles. The second-order valence-corrected chi connectivity index (χ2v) is 3.68. The molecule has 13 heavy (non-hydrogen) atoms. The van der Waals surface area contributed by atoms with Crippen molar-refractivity contribution in [3.63, 3.8) is 0 Å². The van der Waals surface area contributed by atoms with Crippen molar-refractivity contribution >= 4 is 0 Å². The maximum Gasteiger partial charge on any atom is 0.125 e. The van der Waals surface area contributed by atoms with Gasteiger partial charge in [-0.05, 0) is 32.3 Å². The Bertz CT molecular complexity index is 336. The van der Waals surface area contributed by atoms with Crippen LogP contribution in [0.2, 0.25) is 0 Å². The van der Waals surface area contributed by atoms with Gasteiger partial charge in [-0.15, -0.1) is 0 Å². The maximum atomic E-state index is 9.49. The summed E-state index contributed by atoms with van der Waals surface area (Å²) in [6.07, 6.45) is 2.25. The molecule has 0 saturated heterocycles. The fourth-order valence-corrected chi connectivity index (χ4v) is 1.92. The molecule has 1 unspecified atom stereocenters. The van der Waals surface area contributed by atoms with Crippen molar-refractivity contribution in [1.82, 2.24) is 9.97 Å². The molecule has 1 aliphatic rings. The number of rotatable bonds is 0. The van der Waals surface area contributed by atoms with Crippen LogP contribution in [0.15, 0.2) is 0 Å². The lowest BCUT2D eigenvalue weighted by Crippen LogP contribution is -2.21. The predicted molar refractivity (Wildman–Crippen MR) is 49.5 cm³/mol. The van der Waals surface area contributed by atoms with E-state index in [4.69, 9.17) is 0 Å². The third-order valence-corrected chi connectivity index (χ3v) is 2.57. The minimum Gasteiger partial charge on any atom is -0.393 e. The Kier molecular flexibility index (Phi) is 2.04. The van der Waals surface area contributed by atoms with Crippen molar-refractivity contribution in [2.45, 2.75) is 39.2 Å². The van der Waals surface area contributed by atoms with Crippen LogP contribution in [0.5, 0.6) is 0 Å². The predicted octanol–water partition coefficient (Wildman–Crippen LogP) is 0.943. The molecule has 1 atom stereocenters. The minimum atomic E-state index is -0.197. The molecule has 1 aliphatic carbocycles. The average Bonchev–Trinajstić information content (AvgIpc) is 2.06. The molecule has 0 bridgehead atoms. The highest BCUT2D eigenvalue weighted by molar-refractivity contribution is 5.28. The lowest BCUT2D eigenvalue weighted by Gasteiger charge is -2.21. The third-order valence-electron chi connectivity index (χ3n) is 2.57. The number of aryl methyl sites for hydroxylation is 3. The summed E-state index contributed by atoms with van der Waals surface area (Å²) in [5.41, 5.74) is 3.32. The first-order chi connectivity index (χ1) is 6.16. The van der Waals surface area contributed by atoms with Crippen LogP contribution < -0.4 is 0 Å². The zero-order chi connectivity index (χ0) is 9.42. The Hall–Kier alpha value is -0.960. The van der Waals surface area contributed by atoms with Crippen molar-refractivity contribution in [2.24, 2.45) is 0 Å². The first-order valence-electron chi connectivity index (χ1n) is 4.68. The molecule has 3 heteroatoms. The Morgan fingerprint density at radius 1 is 1.31 bits per heavy atom. The van der Waals surface area contributed by atoms with Gasteiger partial charge < -0.3 is 5.11 Å². The van der Waals surface area contributed by atoms with Gasteiger partial charge in [-0.3, -0.25) is 0 Å². The molecule has 3 nitrogen and oxygen atoms in total. The van der Waals surface area contributed by atoms with E-state index in [0.717, 1.165) is 42.0 Å². The molecular weight excluding hydrogens is 164 g/mol. The van der Waals surface area contributed by atoms with Gasteiger partial charge in [-0.2, -0.15) is 0 Å². The first kappa shape index (κ1) is 8.63. The summed E-state index contributed by atoms with van der Waals surface area (Å²) in [6, 6.07) is 0. The lowest BCUT2D eigenvalue weighted by atomic mass is 9.93. The van der Waals surface area contributed by atoms with E-state index < -0.39 is 0 Å². The van der Waals surface area contributed by atoms with Crippen molar-refractivity contribution in [2.75, 3.05) is 0 Å². The van der Waals surface area contributed by atoms with Gasteiger partial charge in [0.25, 0.3) is 0 Å². The highest BCUT2D eigenvalue weighted by Gasteiger charge is 2.19. The van der Waals surface area contributed by atoms with Crippen molar-refractivity contribution in [3.8, 4) is 0 Å². The van der Waals surface area contributed by atoms with Gasteiger partial charge in [0.1, 0.15) is 5.82 Å². The Morgan fingerprint density at radius 2 is 2.08 bits per heavy atom. The highest BCUT2D eigenvalue weighted by atomic mass is 16.3. The van der Waals surface area contributed by atoms with Gasteiger partial charge in [0.2, 0.25) is 0 Å². The molecule has 0 fully saturated rings. The van der Waals surface area contributed by atoms with Crippen molar-refractivity contribution < 1.29 is 5.11 Å². The van der Waals surface area contributed by atoms with Crippen LogP contribution in [0.3, 0.4) is 0 Å². The molecule has 2 rings (SSSR count). The molecule has 1 N–H and O–H groups in total. The summed E-state index contributed by atoms with van der Waals surface area (Å²) in [5, 5.41) is 9.49. The van der Waals surface area contributed by atoms with E-state index in [1.54, 1.807) is 0 Å². The molecule has 0 aromatic carbocycles. The summed E-state index contributed by atoms with van der Waals surface area (Å²) in [6.45, 7) is 3.91. The number of nitrogens with zero attached hydrogens (tertiary/aromatic N) is 2. The van der Waals surface area contributed by atoms with Gasteiger partial charge in [0, 0.05) is 17.8 Å². The van der Waals surface area contributed by atoms with Crippen molar-refractivity contribution in [1.29, 1.82) is 0 Å². The van der Waals surface area contributed by atoms with Crippen molar-refractivity contribution in [3.05, 3.63) is 22.8 Å². The van der Waals surface area contributed by atoms with Gasteiger partial charge in [0.05, 0.1) is 6.10 Å². The lowest BCUT2D eigenvalue weighted by molar-refractivity contribution is 0.157. The second kappa shape index (κ2) is 3.07. The Morgan fingerprint density at radius 3 is 2.85 bits per heavy atom. The number of hydrogen-bond acceptors (Lipinski definition) is 3. The second-order valence-electron chi connectivity index (χ2n) is 3.68. The quantitative estimate of drug-likeness (QED) is 0.643. The zero-order valence-corrected chi connectivity index (χ0v) is 8.04. The molecule has 0 saturated carbocycles. The Balaban J connectivity index is 2.47. The van der Waals surface area contributed by atoms with E-state index in [0.29, 0.717) is 0 Å². The largest absolute Gasteiger partial charge is 0.393 e.